The molecule has 0 radical (unpaired) electrons. The fourth-order valence-electron chi connectivity index (χ4n) is 3.91. The van der Waals surface area contributed by atoms with E-state index in [0.29, 0.717) is 18.5 Å². The van der Waals surface area contributed by atoms with Gasteiger partial charge in [0.25, 0.3) is 0 Å². The highest BCUT2D eigenvalue weighted by atomic mass is 19.4. The van der Waals surface area contributed by atoms with Crippen molar-refractivity contribution in [1.29, 1.82) is 0 Å². The Kier molecular flexibility index (Phi) is 4.32. The van der Waals surface area contributed by atoms with E-state index in [2.05, 4.69) is 14.8 Å². The molecule has 1 unspecified atom stereocenters. The number of rotatable bonds is 3. The maximum Gasteiger partial charge on any atom is 0.433 e. The second kappa shape index (κ2) is 6.55. The van der Waals surface area contributed by atoms with Gasteiger partial charge in [0.05, 0.1) is 6.04 Å². The van der Waals surface area contributed by atoms with Gasteiger partial charge in [0.1, 0.15) is 11.5 Å². The van der Waals surface area contributed by atoms with Gasteiger partial charge < -0.3 is 9.80 Å². The lowest BCUT2D eigenvalue weighted by Gasteiger charge is -2.33. The molecule has 0 fully saturated rings. The number of hydrogen-bond acceptors (Lipinski definition) is 3. The normalized spacial score (nSPS) is 19.0. The standard InChI is InChI=1S/C20H19F4N3/c1-26-8-6-18-16(12-26)15-11-14(21)2-3-17(15)27(18)9-5-13-4-7-25-19(10-13)20(22,23)24/h2-4,7,10-12,18H,5-6,8-9H2,1H3. The fourth-order valence-corrected chi connectivity index (χ4v) is 3.91. The van der Waals surface area contributed by atoms with Crippen LogP contribution in [0.5, 0.6) is 0 Å². The summed E-state index contributed by atoms with van der Waals surface area (Å²) in [4.78, 5) is 7.68. The Balaban J connectivity index is 1.60. The second-order valence-corrected chi connectivity index (χ2v) is 7.02. The summed E-state index contributed by atoms with van der Waals surface area (Å²) in [5.74, 6) is -0.285. The predicted octanol–water partition coefficient (Wildman–Crippen LogP) is 4.35. The first-order chi connectivity index (χ1) is 12.8. The molecule has 2 aromatic rings. The Morgan fingerprint density at radius 3 is 2.78 bits per heavy atom. The smallest absolute Gasteiger partial charge is 0.380 e. The van der Waals surface area contributed by atoms with Crippen molar-refractivity contribution in [1.82, 2.24) is 9.88 Å². The fraction of sp³-hybridized carbons (Fsp3) is 0.350. The van der Waals surface area contributed by atoms with Crippen molar-refractivity contribution in [2.45, 2.75) is 25.1 Å². The average Bonchev–Trinajstić information content (AvgIpc) is 2.92. The van der Waals surface area contributed by atoms with Crippen LogP contribution >= 0.6 is 0 Å². The van der Waals surface area contributed by atoms with Crippen LogP contribution in [0.25, 0.3) is 5.57 Å². The summed E-state index contributed by atoms with van der Waals surface area (Å²) in [6.45, 7) is 1.44. The zero-order chi connectivity index (χ0) is 19.2. The van der Waals surface area contributed by atoms with Crippen LogP contribution in [0, 0.1) is 5.82 Å². The molecule has 4 rings (SSSR count). The molecule has 1 aromatic carbocycles. The molecule has 0 spiro atoms. The molecule has 27 heavy (non-hydrogen) atoms. The lowest BCUT2D eigenvalue weighted by Crippen LogP contribution is -2.38. The molecule has 0 bridgehead atoms. The molecule has 0 saturated carbocycles. The monoisotopic (exact) mass is 377 g/mol. The van der Waals surface area contributed by atoms with Gasteiger partial charge in [0, 0.05) is 43.8 Å². The van der Waals surface area contributed by atoms with Gasteiger partial charge in [-0.05, 0) is 54.3 Å². The molecular weight excluding hydrogens is 358 g/mol. The van der Waals surface area contributed by atoms with Crippen LogP contribution in [-0.4, -0.2) is 36.1 Å². The summed E-state index contributed by atoms with van der Waals surface area (Å²) < 4.78 is 52.4. The van der Waals surface area contributed by atoms with Gasteiger partial charge in [-0.1, -0.05) is 0 Å². The number of halogens is 4. The second-order valence-electron chi connectivity index (χ2n) is 7.02. The van der Waals surface area contributed by atoms with E-state index in [0.717, 1.165) is 35.9 Å². The molecule has 0 aliphatic carbocycles. The quantitative estimate of drug-likeness (QED) is 0.742. The number of alkyl halides is 3. The minimum atomic E-state index is -4.45. The SMILES string of the molecule is CN1C=C2c3cc(F)ccc3N(CCc3ccnc(C(F)(F)F)c3)C2CC1. The van der Waals surface area contributed by atoms with Crippen molar-refractivity contribution in [3.8, 4) is 0 Å². The van der Waals surface area contributed by atoms with Crippen LogP contribution in [0.15, 0.2) is 42.7 Å². The van der Waals surface area contributed by atoms with Crippen LogP contribution in [0.4, 0.5) is 23.2 Å². The predicted molar refractivity (Wildman–Crippen MR) is 95.7 cm³/mol. The maximum atomic E-state index is 13.8. The van der Waals surface area contributed by atoms with Crippen molar-refractivity contribution in [2.24, 2.45) is 0 Å². The summed E-state index contributed by atoms with van der Waals surface area (Å²) in [5, 5.41) is 0. The minimum Gasteiger partial charge on any atom is -0.380 e. The van der Waals surface area contributed by atoms with Gasteiger partial charge >= 0.3 is 6.18 Å². The Labute approximate surface area is 154 Å². The first-order valence-electron chi connectivity index (χ1n) is 8.83. The van der Waals surface area contributed by atoms with Crippen molar-refractivity contribution in [3.05, 3.63) is 65.4 Å². The summed E-state index contributed by atoms with van der Waals surface area (Å²) >= 11 is 0. The molecule has 3 nitrogen and oxygen atoms in total. The third-order valence-corrected chi connectivity index (χ3v) is 5.19. The third-order valence-electron chi connectivity index (χ3n) is 5.19. The Morgan fingerprint density at radius 1 is 1.19 bits per heavy atom. The summed E-state index contributed by atoms with van der Waals surface area (Å²) in [7, 11) is 1.99. The molecule has 2 aliphatic rings. The molecule has 1 atom stereocenters. The largest absolute Gasteiger partial charge is 0.433 e. The van der Waals surface area contributed by atoms with Gasteiger partial charge in [0.15, 0.2) is 0 Å². The van der Waals surface area contributed by atoms with E-state index >= 15 is 0 Å². The molecule has 0 N–H and O–H groups in total. The van der Waals surface area contributed by atoms with Crippen molar-refractivity contribution < 1.29 is 17.6 Å². The Morgan fingerprint density at radius 2 is 2.00 bits per heavy atom. The lowest BCUT2D eigenvalue weighted by molar-refractivity contribution is -0.141. The van der Waals surface area contributed by atoms with Crippen molar-refractivity contribution >= 4 is 11.3 Å². The van der Waals surface area contributed by atoms with Crippen molar-refractivity contribution in [3.63, 3.8) is 0 Å². The van der Waals surface area contributed by atoms with E-state index in [1.165, 1.54) is 12.3 Å². The van der Waals surface area contributed by atoms with Crippen LogP contribution in [0.2, 0.25) is 0 Å². The zero-order valence-electron chi connectivity index (χ0n) is 14.8. The number of pyridine rings is 1. The number of anilines is 1. The molecule has 142 valence electrons. The number of fused-ring (bicyclic) bond motifs is 3. The first-order valence-corrected chi connectivity index (χ1v) is 8.83. The molecule has 0 saturated heterocycles. The van der Waals surface area contributed by atoms with Crippen LogP contribution in [-0.2, 0) is 12.6 Å². The average molecular weight is 377 g/mol. The molecule has 7 heteroatoms. The van der Waals surface area contributed by atoms with Gasteiger partial charge in [-0.15, -0.1) is 0 Å². The van der Waals surface area contributed by atoms with Crippen LogP contribution in [0.3, 0.4) is 0 Å². The highest BCUT2D eigenvalue weighted by Gasteiger charge is 2.36. The molecular formula is C20H19F4N3. The third kappa shape index (κ3) is 3.38. The summed E-state index contributed by atoms with van der Waals surface area (Å²) in [6.07, 6.45) is 0.148. The van der Waals surface area contributed by atoms with Crippen LogP contribution < -0.4 is 4.90 Å². The van der Waals surface area contributed by atoms with Crippen molar-refractivity contribution in [2.75, 3.05) is 25.0 Å². The lowest BCUT2D eigenvalue weighted by atomic mass is 9.98. The molecule has 0 amide bonds. The highest BCUT2D eigenvalue weighted by molar-refractivity contribution is 5.88. The summed E-state index contributed by atoms with van der Waals surface area (Å²) in [5.41, 5.74) is 2.60. The Bertz CT molecular complexity index is 891. The molecule has 1 aromatic heterocycles. The van der Waals surface area contributed by atoms with Gasteiger partial charge in [-0.25, -0.2) is 4.39 Å². The first kappa shape index (κ1) is 17.8. The maximum absolute atomic E-state index is 13.8. The van der Waals surface area contributed by atoms with E-state index in [1.807, 2.05) is 13.2 Å². The minimum absolute atomic E-state index is 0.127. The van der Waals surface area contributed by atoms with Crippen LogP contribution in [0.1, 0.15) is 23.2 Å². The number of hydrogen-bond donors (Lipinski definition) is 0. The van der Waals surface area contributed by atoms with E-state index < -0.39 is 11.9 Å². The van der Waals surface area contributed by atoms with E-state index in [9.17, 15) is 17.6 Å². The summed E-state index contributed by atoms with van der Waals surface area (Å²) in [6, 6.07) is 7.58. The van der Waals surface area contributed by atoms with E-state index in [-0.39, 0.29) is 11.9 Å². The van der Waals surface area contributed by atoms with E-state index in [1.54, 1.807) is 18.2 Å². The van der Waals surface area contributed by atoms with Gasteiger partial charge in [-0.3, -0.25) is 4.98 Å². The number of nitrogens with zero attached hydrogens (tertiary/aromatic N) is 3. The Hall–Kier alpha value is -2.57. The zero-order valence-corrected chi connectivity index (χ0v) is 14.8. The van der Waals surface area contributed by atoms with Gasteiger partial charge in [-0.2, -0.15) is 13.2 Å². The molecule has 3 heterocycles. The molecule has 2 aliphatic heterocycles. The van der Waals surface area contributed by atoms with Gasteiger partial charge in [0.2, 0.25) is 0 Å². The van der Waals surface area contributed by atoms with E-state index in [4.69, 9.17) is 0 Å². The number of benzene rings is 1. The highest BCUT2D eigenvalue weighted by Crippen LogP contribution is 2.43. The number of aromatic nitrogens is 1. The topological polar surface area (TPSA) is 19.4 Å².